The first-order valence-electron chi connectivity index (χ1n) is 3.38. The van der Waals surface area contributed by atoms with Crippen LogP contribution in [0.4, 0.5) is 0 Å². The van der Waals surface area contributed by atoms with E-state index in [0.717, 1.165) is 0 Å². The second-order valence-electron chi connectivity index (χ2n) is 2.28. The number of hydrogen-bond donors (Lipinski definition) is 1. The molecule has 1 N–H and O–H groups in total. The number of nitrogens with zero attached hydrogens (tertiary/aromatic N) is 1. The highest BCUT2D eigenvalue weighted by molar-refractivity contribution is 6.39. The average Bonchev–Trinajstić information content (AvgIpc) is 2.03. The van der Waals surface area contributed by atoms with Crippen LogP contribution in [0.15, 0.2) is 12.3 Å². The maximum absolute atomic E-state index is 11.1. The van der Waals surface area contributed by atoms with E-state index < -0.39 is 0 Å². The Morgan fingerprint density at radius 2 is 2.25 bits per heavy atom. The molecule has 1 aromatic heterocycles. The Labute approximate surface area is 73.4 Å². The molecule has 0 aliphatic heterocycles. The van der Waals surface area contributed by atoms with Crippen LogP contribution in [-0.2, 0) is 0 Å². The first-order valence-corrected chi connectivity index (χ1v) is 3.38. The van der Waals surface area contributed by atoms with Gasteiger partial charge in [-0.25, -0.2) is 0 Å². The highest BCUT2D eigenvalue weighted by Crippen LogP contribution is 1.88. The molecule has 0 spiro atoms. The van der Waals surface area contributed by atoms with Gasteiger partial charge in [0.2, 0.25) is 0 Å². The van der Waals surface area contributed by atoms with E-state index in [1.165, 1.54) is 19.3 Å². The van der Waals surface area contributed by atoms with Gasteiger partial charge < -0.3 is 5.32 Å². The molecule has 0 aromatic carbocycles. The molecule has 1 rings (SSSR count). The zero-order valence-corrected chi connectivity index (χ0v) is 6.66. The highest BCUT2D eigenvalue weighted by Gasteiger charge is 2.05. The van der Waals surface area contributed by atoms with Crippen LogP contribution in [0.3, 0.4) is 0 Å². The molecular weight excluding hydrogens is 150 g/mol. The molecule has 56 valence electrons. The number of carbonyl (C=O) groups excluding carboxylic acids is 1. The van der Waals surface area contributed by atoms with E-state index in [0.29, 0.717) is 16.6 Å². The van der Waals surface area contributed by atoms with Crippen LogP contribution < -0.4 is 16.4 Å². The fourth-order valence-corrected chi connectivity index (χ4v) is 0.812. The quantitative estimate of drug-likeness (QED) is 0.479. The van der Waals surface area contributed by atoms with Crippen molar-refractivity contribution in [2.24, 2.45) is 0 Å². The van der Waals surface area contributed by atoms with Crippen LogP contribution in [0.5, 0.6) is 0 Å². The summed E-state index contributed by atoms with van der Waals surface area (Å²) < 4.78 is 0. The third-order valence-electron chi connectivity index (χ3n) is 1.43. The van der Waals surface area contributed by atoms with Crippen LogP contribution in [-0.4, -0.2) is 33.6 Å². The molecule has 0 saturated carbocycles. The Bertz CT molecular complexity index is 314. The summed E-state index contributed by atoms with van der Waals surface area (Å²) in [7, 11) is 12.4. The Balaban J connectivity index is 3.09. The Hall–Kier alpha value is -1.25. The molecule has 0 atom stereocenters. The SMILES string of the molecule is [B]c1cc([B])c(C(=O)NC)cn1. The van der Waals surface area contributed by atoms with Gasteiger partial charge in [0, 0.05) is 13.2 Å². The first-order chi connectivity index (χ1) is 5.65. The summed E-state index contributed by atoms with van der Waals surface area (Å²) in [4.78, 5) is 14.8. The molecule has 0 aliphatic carbocycles. The predicted octanol–water partition coefficient (Wildman–Crippen LogP) is -1.97. The molecule has 1 amide bonds. The van der Waals surface area contributed by atoms with Crippen LogP contribution >= 0.6 is 0 Å². The Morgan fingerprint density at radius 3 is 2.75 bits per heavy atom. The second-order valence-corrected chi connectivity index (χ2v) is 2.28. The second kappa shape index (κ2) is 3.43. The number of carbonyl (C=O) groups is 1. The summed E-state index contributed by atoms with van der Waals surface area (Å²) in [5.41, 5.74) is 0.980. The van der Waals surface area contributed by atoms with Crippen molar-refractivity contribution < 1.29 is 4.79 Å². The molecule has 3 nitrogen and oxygen atoms in total. The standard InChI is InChI=1S/C7H6B2N2O/c1-10-7(12)4-3-11-6(9)2-5(4)8/h2-3H,1H3,(H,10,12). The van der Waals surface area contributed by atoms with Gasteiger partial charge >= 0.3 is 0 Å². The minimum Gasteiger partial charge on any atom is -0.355 e. The Morgan fingerprint density at radius 1 is 1.58 bits per heavy atom. The molecule has 0 saturated heterocycles. The van der Waals surface area contributed by atoms with Crippen molar-refractivity contribution >= 4 is 32.7 Å². The Kier molecular flexibility index (Phi) is 2.53. The van der Waals surface area contributed by atoms with Crippen molar-refractivity contribution in [1.29, 1.82) is 0 Å². The average molecular weight is 156 g/mol. The van der Waals surface area contributed by atoms with Gasteiger partial charge in [0.05, 0.1) is 5.56 Å². The van der Waals surface area contributed by atoms with Gasteiger partial charge in [-0.2, -0.15) is 0 Å². The number of nitrogens with one attached hydrogen (secondary N) is 1. The smallest absolute Gasteiger partial charge is 0.251 e. The molecule has 0 bridgehead atoms. The minimum absolute atomic E-state index is 0.264. The van der Waals surface area contributed by atoms with Crippen molar-refractivity contribution in [3.8, 4) is 0 Å². The molecule has 1 aromatic rings. The van der Waals surface area contributed by atoms with E-state index in [2.05, 4.69) is 10.3 Å². The summed E-state index contributed by atoms with van der Waals surface area (Å²) in [6.45, 7) is 0. The minimum atomic E-state index is -0.264. The summed E-state index contributed by atoms with van der Waals surface area (Å²) in [5.74, 6) is -0.264. The molecular formula is C7H6B2N2O. The van der Waals surface area contributed by atoms with E-state index in [4.69, 9.17) is 15.7 Å². The van der Waals surface area contributed by atoms with Crippen LogP contribution in [0.2, 0.25) is 0 Å². The zero-order valence-electron chi connectivity index (χ0n) is 6.66. The third-order valence-corrected chi connectivity index (χ3v) is 1.43. The monoisotopic (exact) mass is 156 g/mol. The molecule has 0 unspecified atom stereocenters. The highest BCUT2D eigenvalue weighted by atomic mass is 16.1. The van der Waals surface area contributed by atoms with Crippen LogP contribution in [0.25, 0.3) is 0 Å². The lowest BCUT2D eigenvalue weighted by Crippen LogP contribution is -2.29. The number of aromatic nitrogens is 1. The number of pyridine rings is 1. The molecule has 4 radical (unpaired) electrons. The van der Waals surface area contributed by atoms with Crippen LogP contribution in [0, 0.1) is 0 Å². The van der Waals surface area contributed by atoms with Crippen molar-refractivity contribution in [1.82, 2.24) is 10.3 Å². The number of rotatable bonds is 1. The van der Waals surface area contributed by atoms with E-state index in [-0.39, 0.29) is 5.91 Å². The molecule has 5 heteroatoms. The summed E-state index contributed by atoms with van der Waals surface area (Å²) in [6, 6.07) is 1.45. The summed E-state index contributed by atoms with van der Waals surface area (Å²) in [6.07, 6.45) is 1.35. The summed E-state index contributed by atoms with van der Waals surface area (Å²) >= 11 is 0. The van der Waals surface area contributed by atoms with Gasteiger partial charge in [-0.15, -0.1) is 0 Å². The molecule has 0 fully saturated rings. The first kappa shape index (κ1) is 8.84. The molecule has 12 heavy (non-hydrogen) atoms. The molecule has 0 aliphatic rings. The molecule has 1 heterocycles. The van der Waals surface area contributed by atoms with Gasteiger partial charge in [-0.3, -0.25) is 9.78 Å². The fraction of sp³-hybridized carbons (Fsp3) is 0.143. The topological polar surface area (TPSA) is 42.0 Å². The fourth-order valence-electron chi connectivity index (χ4n) is 0.812. The number of hydrogen-bond acceptors (Lipinski definition) is 2. The maximum atomic E-state index is 11.1. The lowest BCUT2D eigenvalue weighted by atomic mass is 9.88. The van der Waals surface area contributed by atoms with Gasteiger partial charge in [0.1, 0.15) is 15.7 Å². The third kappa shape index (κ3) is 1.67. The van der Waals surface area contributed by atoms with E-state index in [9.17, 15) is 4.79 Å². The summed E-state index contributed by atoms with van der Waals surface area (Å²) in [5, 5.41) is 2.44. The van der Waals surface area contributed by atoms with Crippen molar-refractivity contribution in [3.05, 3.63) is 17.8 Å². The number of amides is 1. The van der Waals surface area contributed by atoms with E-state index in [1.807, 2.05) is 0 Å². The normalized spacial score (nSPS) is 9.42. The zero-order chi connectivity index (χ0) is 9.14. The lowest BCUT2D eigenvalue weighted by Gasteiger charge is -2.04. The largest absolute Gasteiger partial charge is 0.355 e. The van der Waals surface area contributed by atoms with E-state index >= 15 is 0 Å². The maximum Gasteiger partial charge on any atom is 0.251 e. The van der Waals surface area contributed by atoms with E-state index in [1.54, 1.807) is 0 Å². The lowest BCUT2D eigenvalue weighted by molar-refractivity contribution is 0.0964. The van der Waals surface area contributed by atoms with Crippen molar-refractivity contribution in [3.63, 3.8) is 0 Å². The predicted molar refractivity (Wildman–Crippen MR) is 48.4 cm³/mol. The van der Waals surface area contributed by atoms with Crippen molar-refractivity contribution in [2.45, 2.75) is 0 Å². The van der Waals surface area contributed by atoms with Gasteiger partial charge in [-0.05, 0) is 5.59 Å². The van der Waals surface area contributed by atoms with Crippen LogP contribution in [0.1, 0.15) is 10.4 Å². The van der Waals surface area contributed by atoms with Gasteiger partial charge in [-0.1, -0.05) is 11.5 Å². The van der Waals surface area contributed by atoms with Gasteiger partial charge in [0.15, 0.2) is 0 Å². The van der Waals surface area contributed by atoms with Gasteiger partial charge in [0.25, 0.3) is 5.91 Å². The van der Waals surface area contributed by atoms with Crippen molar-refractivity contribution in [2.75, 3.05) is 7.05 Å².